The van der Waals surface area contributed by atoms with Crippen molar-refractivity contribution in [3.63, 3.8) is 0 Å². The Morgan fingerprint density at radius 3 is 2.44 bits per heavy atom. The SMILES string of the molecule is CC[C@H](C)c1ccc(S(=O)(=O)N/N=C\c2ccccc2[N+](=O)[O-])cc1. The first-order valence-corrected chi connectivity index (χ1v) is 9.21. The van der Waals surface area contributed by atoms with Gasteiger partial charge in [0.1, 0.15) is 0 Å². The number of para-hydroxylation sites is 1. The molecule has 0 aliphatic rings. The number of nitro groups is 1. The predicted octanol–water partition coefficient (Wildman–Crippen LogP) is 3.42. The van der Waals surface area contributed by atoms with Crippen molar-refractivity contribution in [2.75, 3.05) is 0 Å². The van der Waals surface area contributed by atoms with Gasteiger partial charge in [-0.2, -0.15) is 13.5 Å². The number of hydrazone groups is 1. The maximum Gasteiger partial charge on any atom is 0.278 e. The summed E-state index contributed by atoms with van der Waals surface area (Å²) in [5.74, 6) is 0.348. The van der Waals surface area contributed by atoms with Gasteiger partial charge >= 0.3 is 0 Å². The van der Waals surface area contributed by atoms with E-state index in [0.29, 0.717) is 5.92 Å². The summed E-state index contributed by atoms with van der Waals surface area (Å²) in [6.07, 6.45) is 2.08. The van der Waals surface area contributed by atoms with Crippen LogP contribution < -0.4 is 4.83 Å². The third-order valence-corrected chi connectivity index (χ3v) is 5.12. The molecule has 0 saturated carbocycles. The fourth-order valence-electron chi connectivity index (χ4n) is 2.19. The second kappa shape index (κ2) is 7.89. The third-order valence-electron chi connectivity index (χ3n) is 3.88. The van der Waals surface area contributed by atoms with Gasteiger partial charge in [0.15, 0.2) is 0 Å². The highest BCUT2D eigenvalue weighted by Crippen LogP contribution is 2.20. The molecule has 2 rings (SSSR count). The van der Waals surface area contributed by atoms with E-state index in [1.165, 1.54) is 30.3 Å². The van der Waals surface area contributed by atoms with Crippen molar-refractivity contribution in [1.82, 2.24) is 4.83 Å². The van der Waals surface area contributed by atoms with Crippen molar-refractivity contribution in [1.29, 1.82) is 0 Å². The van der Waals surface area contributed by atoms with E-state index in [2.05, 4.69) is 23.8 Å². The number of nitrogens with zero attached hydrogens (tertiary/aromatic N) is 2. The van der Waals surface area contributed by atoms with Crippen molar-refractivity contribution < 1.29 is 13.3 Å². The van der Waals surface area contributed by atoms with Gasteiger partial charge in [-0.1, -0.05) is 38.1 Å². The van der Waals surface area contributed by atoms with Gasteiger partial charge < -0.3 is 0 Å². The minimum atomic E-state index is -3.83. The molecule has 0 radical (unpaired) electrons. The Balaban J connectivity index is 2.15. The average Bonchev–Trinajstić information content (AvgIpc) is 2.61. The predicted molar refractivity (Wildman–Crippen MR) is 96.2 cm³/mol. The highest BCUT2D eigenvalue weighted by molar-refractivity contribution is 7.89. The lowest BCUT2D eigenvalue weighted by atomic mass is 9.99. The zero-order valence-corrected chi connectivity index (χ0v) is 14.7. The Labute approximate surface area is 146 Å². The van der Waals surface area contributed by atoms with E-state index >= 15 is 0 Å². The van der Waals surface area contributed by atoms with Crippen LogP contribution in [0.15, 0.2) is 58.5 Å². The Kier molecular flexibility index (Phi) is 5.87. The van der Waals surface area contributed by atoms with Gasteiger partial charge in [-0.05, 0) is 36.1 Å². The zero-order valence-electron chi connectivity index (χ0n) is 13.9. The van der Waals surface area contributed by atoms with Crippen LogP contribution in [0, 0.1) is 10.1 Å². The maximum absolute atomic E-state index is 12.2. The van der Waals surface area contributed by atoms with Gasteiger partial charge in [-0.25, -0.2) is 4.83 Å². The Bertz CT molecular complexity index is 877. The fourth-order valence-corrected chi connectivity index (χ4v) is 2.98. The van der Waals surface area contributed by atoms with Crippen molar-refractivity contribution >= 4 is 21.9 Å². The molecule has 2 aromatic rings. The van der Waals surface area contributed by atoms with E-state index in [-0.39, 0.29) is 16.1 Å². The second-order valence-corrected chi connectivity index (χ2v) is 7.21. The van der Waals surface area contributed by atoms with Crippen molar-refractivity contribution in [3.05, 3.63) is 69.8 Å². The summed E-state index contributed by atoms with van der Waals surface area (Å²) >= 11 is 0. The van der Waals surface area contributed by atoms with Gasteiger partial charge in [-0.15, -0.1) is 0 Å². The average molecular weight is 361 g/mol. The van der Waals surface area contributed by atoms with Crippen LogP contribution in [-0.4, -0.2) is 19.6 Å². The molecule has 0 unspecified atom stereocenters. The van der Waals surface area contributed by atoms with E-state index in [4.69, 9.17) is 0 Å². The van der Waals surface area contributed by atoms with Gasteiger partial charge in [0.05, 0.1) is 21.6 Å². The summed E-state index contributed by atoms with van der Waals surface area (Å²) in [6, 6.07) is 12.5. The molecule has 1 N–H and O–H groups in total. The molecule has 0 heterocycles. The summed E-state index contributed by atoms with van der Waals surface area (Å²) in [5, 5.41) is 14.6. The first-order valence-electron chi connectivity index (χ1n) is 7.73. The molecule has 0 aliphatic carbocycles. The van der Waals surface area contributed by atoms with Crippen LogP contribution >= 0.6 is 0 Å². The quantitative estimate of drug-likeness (QED) is 0.464. The van der Waals surface area contributed by atoms with Crippen molar-refractivity contribution in [2.45, 2.75) is 31.1 Å². The normalized spacial score (nSPS) is 12.9. The molecule has 132 valence electrons. The molecule has 0 aliphatic heterocycles. The maximum atomic E-state index is 12.2. The Morgan fingerprint density at radius 2 is 1.84 bits per heavy atom. The lowest BCUT2D eigenvalue weighted by Crippen LogP contribution is -2.18. The van der Waals surface area contributed by atoms with Crippen LogP contribution in [-0.2, 0) is 10.0 Å². The fraction of sp³-hybridized carbons (Fsp3) is 0.235. The first kappa shape index (κ1) is 18.6. The molecule has 0 amide bonds. The van der Waals surface area contributed by atoms with Crippen molar-refractivity contribution in [2.24, 2.45) is 5.10 Å². The summed E-state index contributed by atoms with van der Waals surface area (Å²) in [7, 11) is -3.83. The van der Waals surface area contributed by atoms with E-state index in [1.807, 2.05) is 0 Å². The van der Waals surface area contributed by atoms with Crippen LogP contribution in [0.3, 0.4) is 0 Å². The molecule has 0 bridgehead atoms. The standard InChI is InChI=1S/C17H19N3O4S/c1-3-13(2)14-8-10-16(11-9-14)25(23,24)19-18-12-15-6-4-5-7-17(15)20(21)22/h4-13,19H,3H2,1-2H3/b18-12-/t13-/m0/s1. The summed E-state index contributed by atoms with van der Waals surface area (Å²) in [5.41, 5.74) is 1.12. The molecule has 0 aromatic heterocycles. The molecule has 1 atom stereocenters. The van der Waals surface area contributed by atoms with Crippen LogP contribution in [0.25, 0.3) is 0 Å². The number of nitro benzene ring substituents is 1. The Morgan fingerprint density at radius 1 is 1.20 bits per heavy atom. The smallest absolute Gasteiger partial charge is 0.258 e. The highest BCUT2D eigenvalue weighted by Gasteiger charge is 2.14. The zero-order chi connectivity index (χ0) is 18.4. The summed E-state index contributed by atoms with van der Waals surface area (Å²) in [6.45, 7) is 4.13. The number of benzene rings is 2. The molecule has 0 saturated heterocycles. The van der Waals surface area contributed by atoms with Gasteiger partial charge in [0.25, 0.3) is 15.7 Å². The molecule has 0 fully saturated rings. The van der Waals surface area contributed by atoms with E-state index in [0.717, 1.165) is 18.2 Å². The molecular weight excluding hydrogens is 342 g/mol. The molecule has 7 nitrogen and oxygen atoms in total. The van der Waals surface area contributed by atoms with Crippen LogP contribution in [0.4, 0.5) is 5.69 Å². The largest absolute Gasteiger partial charge is 0.278 e. The summed E-state index contributed by atoms with van der Waals surface area (Å²) < 4.78 is 24.5. The highest BCUT2D eigenvalue weighted by atomic mass is 32.2. The van der Waals surface area contributed by atoms with Crippen LogP contribution in [0.5, 0.6) is 0 Å². The second-order valence-electron chi connectivity index (χ2n) is 5.55. The topological polar surface area (TPSA) is 102 Å². The lowest BCUT2D eigenvalue weighted by molar-refractivity contribution is -0.385. The molecule has 2 aromatic carbocycles. The van der Waals surface area contributed by atoms with E-state index in [9.17, 15) is 18.5 Å². The molecule has 0 spiro atoms. The minimum absolute atomic E-state index is 0.0827. The molecular formula is C17H19N3O4S. The number of hydrogen-bond donors (Lipinski definition) is 1. The minimum Gasteiger partial charge on any atom is -0.258 e. The Hall–Kier alpha value is -2.74. The van der Waals surface area contributed by atoms with Crippen molar-refractivity contribution in [3.8, 4) is 0 Å². The van der Waals surface area contributed by atoms with Gasteiger partial charge in [0.2, 0.25) is 0 Å². The van der Waals surface area contributed by atoms with Crippen LogP contribution in [0.1, 0.15) is 37.3 Å². The lowest BCUT2D eigenvalue weighted by Gasteiger charge is -2.09. The number of sulfonamides is 1. The monoisotopic (exact) mass is 361 g/mol. The number of rotatable bonds is 7. The van der Waals surface area contributed by atoms with E-state index in [1.54, 1.807) is 18.2 Å². The molecule has 25 heavy (non-hydrogen) atoms. The molecule has 8 heteroatoms. The number of nitrogens with one attached hydrogen (secondary N) is 1. The van der Waals surface area contributed by atoms with Crippen LogP contribution in [0.2, 0.25) is 0 Å². The third kappa shape index (κ3) is 4.63. The van der Waals surface area contributed by atoms with Gasteiger partial charge in [-0.3, -0.25) is 10.1 Å². The first-order chi connectivity index (χ1) is 11.8. The number of hydrogen-bond acceptors (Lipinski definition) is 5. The van der Waals surface area contributed by atoms with E-state index < -0.39 is 14.9 Å². The summed E-state index contributed by atoms with van der Waals surface area (Å²) in [4.78, 5) is 12.5. The van der Waals surface area contributed by atoms with Gasteiger partial charge in [0, 0.05) is 6.07 Å².